The minimum atomic E-state index is 0.00935. The molecule has 17 heavy (non-hydrogen) atoms. The topological polar surface area (TPSA) is 83.8 Å². The van der Waals surface area contributed by atoms with Crippen molar-refractivity contribution in [2.75, 3.05) is 11.1 Å². The van der Waals surface area contributed by atoms with Crippen molar-refractivity contribution in [3.8, 4) is 0 Å². The summed E-state index contributed by atoms with van der Waals surface area (Å²) in [5, 5.41) is 9.45. The van der Waals surface area contributed by atoms with Crippen LogP contribution in [0.3, 0.4) is 0 Å². The van der Waals surface area contributed by atoms with E-state index in [0.29, 0.717) is 17.9 Å². The fraction of sp³-hybridized carbons (Fsp3) is 0.667. The summed E-state index contributed by atoms with van der Waals surface area (Å²) in [7, 11) is 0. The highest BCUT2D eigenvalue weighted by Gasteiger charge is 2.17. The number of nitrogens with zero attached hydrogens (tertiary/aromatic N) is 1. The Kier molecular flexibility index (Phi) is 3.66. The number of aromatic nitrogens is 2. The van der Waals surface area contributed by atoms with Gasteiger partial charge in [0.25, 0.3) is 0 Å². The zero-order valence-electron chi connectivity index (χ0n) is 10.3. The highest BCUT2D eigenvalue weighted by molar-refractivity contribution is 5.92. The number of nitrogen functional groups attached to an aromatic ring is 1. The second-order valence-electron chi connectivity index (χ2n) is 4.85. The fourth-order valence-corrected chi connectivity index (χ4v) is 2.36. The summed E-state index contributed by atoms with van der Waals surface area (Å²) < 4.78 is 0. The molecule has 0 saturated heterocycles. The SMILES string of the molecule is Cc1[nH]nc(NC(=O)CCC2CCCC2)c1N. The van der Waals surface area contributed by atoms with E-state index in [9.17, 15) is 4.79 Å². The van der Waals surface area contributed by atoms with Crippen LogP contribution < -0.4 is 11.1 Å². The highest BCUT2D eigenvalue weighted by atomic mass is 16.1. The minimum absolute atomic E-state index is 0.00935. The molecule has 0 aliphatic heterocycles. The van der Waals surface area contributed by atoms with Crippen molar-refractivity contribution in [2.24, 2.45) is 5.92 Å². The van der Waals surface area contributed by atoms with E-state index in [1.165, 1.54) is 25.7 Å². The van der Waals surface area contributed by atoms with Gasteiger partial charge in [0.15, 0.2) is 5.82 Å². The van der Waals surface area contributed by atoms with Crippen molar-refractivity contribution in [1.29, 1.82) is 0 Å². The number of rotatable bonds is 4. The standard InChI is InChI=1S/C12H20N4O/c1-8-11(13)12(16-15-8)14-10(17)7-6-9-4-2-3-5-9/h9H,2-7,13H2,1H3,(H2,14,15,16,17). The van der Waals surface area contributed by atoms with Gasteiger partial charge < -0.3 is 11.1 Å². The average Bonchev–Trinajstić information content (AvgIpc) is 2.92. The molecule has 1 aliphatic carbocycles. The normalized spacial score (nSPS) is 16.3. The molecule has 1 aromatic heterocycles. The molecule has 1 aromatic rings. The summed E-state index contributed by atoms with van der Waals surface area (Å²) >= 11 is 0. The predicted molar refractivity (Wildman–Crippen MR) is 67.6 cm³/mol. The Hall–Kier alpha value is -1.52. The molecule has 0 bridgehead atoms. The van der Waals surface area contributed by atoms with Crippen LogP contribution in [-0.2, 0) is 4.79 Å². The van der Waals surface area contributed by atoms with Gasteiger partial charge in [0, 0.05) is 6.42 Å². The van der Waals surface area contributed by atoms with Gasteiger partial charge in [0.1, 0.15) is 0 Å². The maximum absolute atomic E-state index is 11.7. The number of hydrogen-bond donors (Lipinski definition) is 3. The van der Waals surface area contributed by atoms with E-state index in [-0.39, 0.29) is 5.91 Å². The number of carbonyl (C=O) groups excluding carboxylic acids is 1. The molecule has 5 nitrogen and oxygen atoms in total. The minimum Gasteiger partial charge on any atom is -0.394 e. The van der Waals surface area contributed by atoms with Gasteiger partial charge in [-0.25, -0.2) is 0 Å². The molecule has 1 aliphatic rings. The first kappa shape index (κ1) is 12.0. The molecular formula is C12H20N4O. The van der Waals surface area contributed by atoms with Gasteiger partial charge in [0.2, 0.25) is 5.91 Å². The molecule has 5 heteroatoms. The van der Waals surface area contributed by atoms with Crippen LogP contribution in [0.2, 0.25) is 0 Å². The van der Waals surface area contributed by atoms with E-state index in [2.05, 4.69) is 15.5 Å². The number of aromatic amines is 1. The molecule has 0 unspecified atom stereocenters. The Morgan fingerprint density at radius 3 is 2.82 bits per heavy atom. The first-order chi connectivity index (χ1) is 8.16. The van der Waals surface area contributed by atoms with Crippen LogP contribution in [0.15, 0.2) is 0 Å². The molecule has 94 valence electrons. The first-order valence-electron chi connectivity index (χ1n) is 6.27. The first-order valence-corrected chi connectivity index (χ1v) is 6.27. The van der Waals surface area contributed by atoms with Crippen LogP contribution >= 0.6 is 0 Å². The third kappa shape index (κ3) is 2.99. The number of H-pyrrole nitrogens is 1. The Balaban J connectivity index is 1.78. The summed E-state index contributed by atoms with van der Waals surface area (Å²) in [5.41, 5.74) is 7.08. The summed E-state index contributed by atoms with van der Waals surface area (Å²) in [6.45, 7) is 1.83. The lowest BCUT2D eigenvalue weighted by Gasteiger charge is -2.08. The van der Waals surface area contributed by atoms with Crippen molar-refractivity contribution in [3.05, 3.63) is 5.69 Å². The van der Waals surface area contributed by atoms with E-state index in [1.54, 1.807) is 0 Å². The molecule has 1 fully saturated rings. The van der Waals surface area contributed by atoms with Crippen LogP contribution in [0, 0.1) is 12.8 Å². The van der Waals surface area contributed by atoms with E-state index < -0.39 is 0 Å². The maximum Gasteiger partial charge on any atom is 0.225 e. The van der Waals surface area contributed by atoms with Gasteiger partial charge in [-0.05, 0) is 19.3 Å². The number of hydrogen-bond acceptors (Lipinski definition) is 3. The number of amides is 1. The number of carbonyl (C=O) groups is 1. The fourth-order valence-electron chi connectivity index (χ4n) is 2.36. The van der Waals surface area contributed by atoms with Gasteiger partial charge in [-0.3, -0.25) is 9.89 Å². The smallest absolute Gasteiger partial charge is 0.225 e. The van der Waals surface area contributed by atoms with Crippen LogP contribution in [0.1, 0.15) is 44.2 Å². The summed E-state index contributed by atoms with van der Waals surface area (Å²) in [6, 6.07) is 0. The molecule has 1 heterocycles. The lowest BCUT2D eigenvalue weighted by atomic mass is 10.0. The maximum atomic E-state index is 11.7. The van der Waals surface area contributed by atoms with Gasteiger partial charge in [0.05, 0.1) is 11.4 Å². The molecule has 1 saturated carbocycles. The third-order valence-corrected chi connectivity index (χ3v) is 3.51. The van der Waals surface area contributed by atoms with E-state index in [0.717, 1.165) is 18.0 Å². The Morgan fingerprint density at radius 2 is 2.24 bits per heavy atom. The average molecular weight is 236 g/mol. The molecule has 1 amide bonds. The van der Waals surface area contributed by atoms with Crippen molar-refractivity contribution in [1.82, 2.24) is 10.2 Å². The van der Waals surface area contributed by atoms with Crippen LogP contribution in [0.5, 0.6) is 0 Å². The van der Waals surface area contributed by atoms with Gasteiger partial charge in [-0.2, -0.15) is 5.10 Å². The molecule has 2 rings (SSSR count). The highest BCUT2D eigenvalue weighted by Crippen LogP contribution is 2.28. The molecule has 4 N–H and O–H groups in total. The summed E-state index contributed by atoms with van der Waals surface area (Å²) in [6.07, 6.45) is 6.73. The Bertz CT molecular complexity index is 393. The number of nitrogens with one attached hydrogen (secondary N) is 2. The number of nitrogens with two attached hydrogens (primary N) is 1. The zero-order valence-corrected chi connectivity index (χ0v) is 10.3. The Labute approximate surface area is 101 Å². The van der Waals surface area contributed by atoms with E-state index in [4.69, 9.17) is 5.73 Å². The van der Waals surface area contributed by atoms with Gasteiger partial charge in [-0.1, -0.05) is 25.7 Å². The summed E-state index contributed by atoms with van der Waals surface area (Å²) in [5.74, 6) is 1.20. The molecule has 0 aromatic carbocycles. The third-order valence-electron chi connectivity index (χ3n) is 3.51. The number of aryl methyl sites for hydroxylation is 1. The zero-order chi connectivity index (χ0) is 12.3. The van der Waals surface area contributed by atoms with Gasteiger partial charge in [-0.15, -0.1) is 0 Å². The van der Waals surface area contributed by atoms with Crippen molar-refractivity contribution in [2.45, 2.75) is 45.4 Å². The largest absolute Gasteiger partial charge is 0.394 e. The molecular weight excluding hydrogens is 216 g/mol. The molecule has 0 spiro atoms. The number of anilines is 2. The van der Waals surface area contributed by atoms with Crippen LogP contribution in [0.4, 0.5) is 11.5 Å². The predicted octanol–water partition coefficient (Wildman–Crippen LogP) is 2.21. The molecule has 0 radical (unpaired) electrons. The monoisotopic (exact) mass is 236 g/mol. The second-order valence-corrected chi connectivity index (χ2v) is 4.85. The second kappa shape index (κ2) is 5.21. The van der Waals surface area contributed by atoms with Crippen LogP contribution in [0.25, 0.3) is 0 Å². The van der Waals surface area contributed by atoms with Crippen molar-refractivity contribution < 1.29 is 4.79 Å². The summed E-state index contributed by atoms with van der Waals surface area (Å²) in [4.78, 5) is 11.7. The van der Waals surface area contributed by atoms with E-state index in [1.807, 2.05) is 6.92 Å². The molecule has 0 atom stereocenters. The van der Waals surface area contributed by atoms with Crippen LogP contribution in [-0.4, -0.2) is 16.1 Å². The van der Waals surface area contributed by atoms with Gasteiger partial charge >= 0.3 is 0 Å². The lowest BCUT2D eigenvalue weighted by molar-refractivity contribution is -0.116. The quantitative estimate of drug-likeness (QED) is 0.749. The van der Waals surface area contributed by atoms with E-state index >= 15 is 0 Å². The van der Waals surface area contributed by atoms with Crippen molar-refractivity contribution >= 4 is 17.4 Å². The Morgan fingerprint density at radius 1 is 1.53 bits per heavy atom. The van der Waals surface area contributed by atoms with Crippen molar-refractivity contribution in [3.63, 3.8) is 0 Å². The lowest BCUT2D eigenvalue weighted by Crippen LogP contribution is -2.14.